The van der Waals surface area contributed by atoms with Gasteiger partial charge in [-0.3, -0.25) is 19.2 Å². The van der Waals surface area contributed by atoms with Crippen LogP contribution in [0, 0.1) is 0 Å². The van der Waals surface area contributed by atoms with E-state index in [2.05, 4.69) is 10.0 Å². The second-order valence-corrected chi connectivity index (χ2v) is 6.25. The minimum absolute atomic E-state index is 0.0484. The van der Waals surface area contributed by atoms with E-state index < -0.39 is 54.6 Å². The summed E-state index contributed by atoms with van der Waals surface area (Å²) in [7, 11) is 0. The van der Waals surface area contributed by atoms with Crippen LogP contribution in [0.25, 0.3) is 10.4 Å². The van der Waals surface area contributed by atoms with Gasteiger partial charge >= 0.3 is 23.9 Å². The predicted octanol–water partition coefficient (Wildman–Crippen LogP) is 0.786. The average Bonchev–Trinajstić information content (AvgIpc) is 2.63. The summed E-state index contributed by atoms with van der Waals surface area (Å²) < 4.78 is 32.0. The first-order valence-electron chi connectivity index (χ1n) is 9.08. The molecular formula is C17H25N3O10. The standard InChI is InChI=1S/C17H25N3O10/c1-9(21)26-8-13-14(27-10(2)22)15(28-11(3)23)16(29-12(4)24)17(30-13)25-7-5-6-19-20-18/h13-17H,5-8H2,1-4H3/t13?,14-,15+,16?,17+/m1/s1. The number of hydrogen-bond donors (Lipinski definition) is 0. The summed E-state index contributed by atoms with van der Waals surface area (Å²) in [4.78, 5) is 48.7. The van der Waals surface area contributed by atoms with E-state index in [0.717, 1.165) is 20.8 Å². The largest absolute Gasteiger partial charge is 0.463 e. The summed E-state index contributed by atoms with van der Waals surface area (Å²) in [5, 5.41) is 3.37. The third-order valence-electron chi connectivity index (χ3n) is 3.70. The average molecular weight is 431 g/mol. The molecule has 1 aliphatic rings. The van der Waals surface area contributed by atoms with Gasteiger partial charge in [0.2, 0.25) is 0 Å². The van der Waals surface area contributed by atoms with Gasteiger partial charge in [0.05, 0.1) is 6.61 Å². The first-order valence-corrected chi connectivity index (χ1v) is 9.08. The highest BCUT2D eigenvalue weighted by atomic mass is 16.7. The highest BCUT2D eigenvalue weighted by molar-refractivity contribution is 5.68. The fourth-order valence-electron chi connectivity index (χ4n) is 2.70. The molecule has 30 heavy (non-hydrogen) atoms. The lowest BCUT2D eigenvalue weighted by atomic mass is 9.98. The normalized spacial score (nSPS) is 25.4. The Bertz CT molecular complexity index is 679. The molecule has 0 aromatic heterocycles. The van der Waals surface area contributed by atoms with Crippen molar-refractivity contribution in [2.24, 2.45) is 5.11 Å². The maximum atomic E-state index is 11.7. The third-order valence-corrected chi connectivity index (χ3v) is 3.70. The number of esters is 4. The Morgan fingerprint density at radius 3 is 2.00 bits per heavy atom. The van der Waals surface area contributed by atoms with E-state index in [0.29, 0.717) is 6.42 Å². The van der Waals surface area contributed by atoms with Gasteiger partial charge in [-0.25, -0.2) is 0 Å². The third kappa shape index (κ3) is 8.64. The molecule has 13 heteroatoms. The van der Waals surface area contributed by atoms with Crippen LogP contribution in [-0.2, 0) is 47.6 Å². The van der Waals surface area contributed by atoms with Crippen molar-refractivity contribution in [1.29, 1.82) is 0 Å². The van der Waals surface area contributed by atoms with Gasteiger partial charge in [0.15, 0.2) is 24.6 Å². The lowest BCUT2D eigenvalue weighted by molar-refractivity contribution is -0.308. The van der Waals surface area contributed by atoms with Crippen LogP contribution in [0.15, 0.2) is 5.11 Å². The highest BCUT2D eigenvalue weighted by Gasteiger charge is 2.52. The van der Waals surface area contributed by atoms with Crippen molar-refractivity contribution in [3.8, 4) is 0 Å². The predicted molar refractivity (Wildman–Crippen MR) is 96.5 cm³/mol. The molecule has 1 saturated heterocycles. The zero-order valence-electron chi connectivity index (χ0n) is 17.1. The first-order chi connectivity index (χ1) is 14.1. The van der Waals surface area contributed by atoms with Crippen molar-refractivity contribution in [2.75, 3.05) is 19.8 Å². The van der Waals surface area contributed by atoms with Crippen LogP contribution in [0.2, 0.25) is 0 Å². The Morgan fingerprint density at radius 1 is 0.900 bits per heavy atom. The first kappa shape index (κ1) is 25.1. The van der Waals surface area contributed by atoms with E-state index in [1.807, 2.05) is 0 Å². The Morgan fingerprint density at radius 2 is 1.47 bits per heavy atom. The van der Waals surface area contributed by atoms with E-state index in [1.165, 1.54) is 6.92 Å². The molecule has 0 spiro atoms. The van der Waals surface area contributed by atoms with Gasteiger partial charge in [-0.15, -0.1) is 0 Å². The molecule has 1 aliphatic heterocycles. The molecule has 0 saturated carbocycles. The Labute approximate surface area is 172 Å². The van der Waals surface area contributed by atoms with Gasteiger partial charge in [0.1, 0.15) is 12.7 Å². The lowest BCUT2D eigenvalue weighted by Crippen LogP contribution is -2.63. The number of nitrogens with zero attached hydrogens (tertiary/aromatic N) is 3. The molecule has 168 valence electrons. The van der Waals surface area contributed by atoms with Crippen molar-refractivity contribution in [1.82, 2.24) is 0 Å². The second-order valence-electron chi connectivity index (χ2n) is 6.25. The smallest absolute Gasteiger partial charge is 0.303 e. The van der Waals surface area contributed by atoms with Gasteiger partial charge in [-0.05, 0) is 12.0 Å². The molecule has 1 fully saturated rings. The van der Waals surface area contributed by atoms with Gasteiger partial charge in [0.25, 0.3) is 0 Å². The Kier molecular flexibility index (Phi) is 10.6. The highest BCUT2D eigenvalue weighted by Crippen LogP contribution is 2.30. The molecular weight excluding hydrogens is 406 g/mol. The Balaban J connectivity index is 3.17. The van der Waals surface area contributed by atoms with Gasteiger partial charge in [0, 0.05) is 39.2 Å². The molecule has 13 nitrogen and oxygen atoms in total. The maximum absolute atomic E-state index is 11.7. The fraction of sp³-hybridized carbons (Fsp3) is 0.765. The van der Waals surface area contributed by atoms with Crippen LogP contribution in [0.3, 0.4) is 0 Å². The van der Waals surface area contributed by atoms with Crippen LogP contribution < -0.4 is 0 Å². The molecule has 0 amide bonds. The summed E-state index contributed by atoms with van der Waals surface area (Å²) in [6, 6.07) is 0. The summed E-state index contributed by atoms with van der Waals surface area (Å²) in [6.45, 7) is 4.44. The van der Waals surface area contributed by atoms with Crippen molar-refractivity contribution in [3.05, 3.63) is 10.4 Å². The van der Waals surface area contributed by atoms with Crippen molar-refractivity contribution in [2.45, 2.75) is 64.8 Å². The van der Waals surface area contributed by atoms with Crippen LogP contribution in [-0.4, -0.2) is 74.3 Å². The topological polar surface area (TPSA) is 172 Å². The van der Waals surface area contributed by atoms with Crippen molar-refractivity contribution < 1.29 is 47.6 Å². The van der Waals surface area contributed by atoms with Gasteiger partial charge in [-0.2, -0.15) is 0 Å². The SMILES string of the molecule is CC(=O)OCC1O[C@H](OCCCN=[N+]=[N-])C(OC(C)=O)[C@@H](OC(C)=O)[C@@H]1OC(C)=O. The van der Waals surface area contributed by atoms with Gasteiger partial charge < -0.3 is 28.4 Å². The molecule has 1 rings (SSSR count). The summed E-state index contributed by atoms with van der Waals surface area (Å²) in [5.41, 5.74) is 8.32. The second kappa shape index (κ2) is 12.6. The van der Waals surface area contributed by atoms with Crippen LogP contribution in [0.5, 0.6) is 0 Å². The van der Waals surface area contributed by atoms with E-state index in [1.54, 1.807) is 0 Å². The quantitative estimate of drug-likeness (QED) is 0.120. The van der Waals surface area contributed by atoms with E-state index >= 15 is 0 Å². The zero-order chi connectivity index (χ0) is 22.7. The number of rotatable bonds is 10. The number of carbonyl (C=O) groups excluding carboxylic acids is 4. The van der Waals surface area contributed by atoms with Crippen molar-refractivity contribution >= 4 is 23.9 Å². The fourth-order valence-corrected chi connectivity index (χ4v) is 2.70. The minimum atomic E-state index is -1.29. The molecule has 0 N–H and O–H groups in total. The van der Waals surface area contributed by atoms with Crippen LogP contribution >= 0.6 is 0 Å². The lowest BCUT2D eigenvalue weighted by Gasteiger charge is -2.44. The van der Waals surface area contributed by atoms with Crippen LogP contribution in [0.4, 0.5) is 0 Å². The summed E-state index contributed by atoms with van der Waals surface area (Å²) in [5.74, 6) is -2.78. The molecule has 0 aromatic carbocycles. The number of hydrogen-bond acceptors (Lipinski definition) is 11. The van der Waals surface area contributed by atoms with Gasteiger partial charge in [-0.1, -0.05) is 5.11 Å². The monoisotopic (exact) mass is 431 g/mol. The van der Waals surface area contributed by atoms with Crippen molar-refractivity contribution in [3.63, 3.8) is 0 Å². The molecule has 0 bridgehead atoms. The molecule has 5 atom stereocenters. The van der Waals surface area contributed by atoms with E-state index in [9.17, 15) is 19.2 Å². The maximum Gasteiger partial charge on any atom is 0.303 e. The van der Waals surface area contributed by atoms with E-state index in [-0.39, 0.29) is 19.8 Å². The molecule has 0 aliphatic carbocycles. The number of carbonyl (C=O) groups is 4. The van der Waals surface area contributed by atoms with E-state index in [4.69, 9.17) is 34.0 Å². The Hall–Kier alpha value is -2.89. The summed E-state index contributed by atoms with van der Waals surface area (Å²) >= 11 is 0. The molecule has 0 radical (unpaired) electrons. The van der Waals surface area contributed by atoms with Crippen LogP contribution in [0.1, 0.15) is 34.1 Å². The molecule has 0 aromatic rings. The molecule has 1 heterocycles. The summed E-state index contributed by atoms with van der Waals surface area (Å²) in [6.07, 6.45) is -5.78. The zero-order valence-corrected chi connectivity index (χ0v) is 17.1. The molecule has 2 unspecified atom stereocenters. The number of ether oxygens (including phenoxy) is 6. The minimum Gasteiger partial charge on any atom is -0.463 e. The number of azide groups is 1.